The Morgan fingerprint density at radius 2 is 1.79 bits per heavy atom. The Bertz CT molecular complexity index is 907. The maximum Gasteiger partial charge on any atom is 0.289 e. The summed E-state index contributed by atoms with van der Waals surface area (Å²) < 4.78 is 6.03. The van der Waals surface area contributed by atoms with Crippen LogP contribution in [-0.2, 0) is 6.42 Å². The van der Waals surface area contributed by atoms with Gasteiger partial charge in [-0.05, 0) is 30.9 Å². The summed E-state index contributed by atoms with van der Waals surface area (Å²) in [5.74, 6) is 1.07. The summed E-state index contributed by atoms with van der Waals surface area (Å²) in [5.41, 5.74) is 3.34. The van der Waals surface area contributed by atoms with Gasteiger partial charge in [-0.1, -0.05) is 37.2 Å². The molecule has 0 saturated carbocycles. The molecule has 2 aromatic rings. The number of piperazine rings is 1. The molecule has 1 aromatic carbocycles. The molecule has 6 nitrogen and oxygen atoms in total. The Morgan fingerprint density at radius 1 is 1.11 bits per heavy atom. The van der Waals surface area contributed by atoms with Crippen molar-refractivity contribution >= 4 is 17.3 Å². The van der Waals surface area contributed by atoms with Crippen molar-refractivity contribution in [2.24, 2.45) is 10.6 Å². The van der Waals surface area contributed by atoms with Crippen molar-refractivity contribution < 1.29 is 14.4 Å². The molecule has 1 aliphatic carbocycles. The molecule has 148 valence electrons. The van der Waals surface area contributed by atoms with E-state index < -0.39 is 0 Å². The molecule has 1 aliphatic heterocycles. The van der Waals surface area contributed by atoms with Crippen molar-refractivity contribution in [3.8, 4) is 0 Å². The number of carbonyl (C=O) groups excluding carboxylic acids is 1. The van der Waals surface area contributed by atoms with Gasteiger partial charge >= 0.3 is 0 Å². The van der Waals surface area contributed by atoms with Gasteiger partial charge in [0.1, 0.15) is 5.76 Å². The zero-order valence-electron chi connectivity index (χ0n) is 16.7. The fraction of sp³-hybridized carbons (Fsp3) is 0.455. The Hall–Kier alpha value is -2.76. The highest BCUT2D eigenvalue weighted by Crippen LogP contribution is 2.39. The smallest absolute Gasteiger partial charge is 0.289 e. The minimum Gasteiger partial charge on any atom is -0.455 e. The summed E-state index contributed by atoms with van der Waals surface area (Å²) in [6.07, 6.45) is 1.40. The lowest BCUT2D eigenvalue weighted by Gasteiger charge is -2.35. The van der Waals surface area contributed by atoms with Crippen molar-refractivity contribution in [2.75, 3.05) is 31.1 Å². The third-order valence-electron chi connectivity index (χ3n) is 5.80. The second kappa shape index (κ2) is 7.00. The quantitative estimate of drug-likeness (QED) is 0.636. The Balaban J connectivity index is 1.53. The molecule has 1 saturated heterocycles. The Kier molecular flexibility index (Phi) is 4.65. The number of benzene rings is 1. The highest BCUT2D eigenvalue weighted by atomic mass is 16.4. The first-order valence-corrected chi connectivity index (χ1v) is 9.82. The highest BCUT2D eigenvalue weighted by Gasteiger charge is 2.37. The van der Waals surface area contributed by atoms with Crippen LogP contribution in [0.2, 0.25) is 0 Å². The van der Waals surface area contributed by atoms with Crippen LogP contribution in [0.15, 0.2) is 39.9 Å². The Labute approximate surface area is 165 Å². The van der Waals surface area contributed by atoms with Gasteiger partial charge in [-0.25, -0.2) is 0 Å². The molecule has 0 unspecified atom stereocenters. The number of anilines is 1. The number of oxime groups is 1. The van der Waals surface area contributed by atoms with Gasteiger partial charge in [-0.15, -0.1) is 0 Å². The number of fused-ring (bicyclic) bond motifs is 1. The average Bonchev–Trinajstić information content (AvgIpc) is 3.02. The molecular formula is C22H27N3O3. The summed E-state index contributed by atoms with van der Waals surface area (Å²) in [5, 5.41) is 13.0. The average molecular weight is 381 g/mol. The normalized spacial score (nSPS) is 20.3. The van der Waals surface area contributed by atoms with Crippen molar-refractivity contribution in [2.45, 2.75) is 33.6 Å². The molecule has 1 N–H and O–H groups in total. The summed E-state index contributed by atoms with van der Waals surface area (Å²) in [6.45, 7) is 9.03. The molecule has 0 radical (unpaired) electrons. The first kappa shape index (κ1) is 18.6. The van der Waals surface area contributed by atoms with Gasteiger partial charge in [0.2, 0.25) is 0 Å². The topological polar surface area (TPSA) is 69.3 Å². The number of nitrogens with zero attached hydrogens (tertiary/aromatic N) is 3. The van der Waals surface area contributed by atoms with E-state index in [9.17, 15) is 10.0 Å². The van der Waals surface area contributed by atoms with Gasteiger partial charge in [-0.2, -0.15) is 0 Å². The standard InChI is InChI=1S/C22H27N3O3/c1-15-19-17(23-27)13-22(2,3)14-18(19)28-20(15)21(26)25-11-9-24(10-12-25)16-7-5-4-6-8-16/h4-8,27H,9-14H2,1-3H3/b23-17-. The maximum absolute atomic E-state index is 13.1. The fourth-order valence-corrected chi connectivity index (χ4v) is 4.35. The third-order valence-corrected chi connectivity index (χ3v) is 5.80. The van der Waals surface area contributed by atoms with Crippen LogP contribution in [0, 0.1) is 12.3 Å². The van der Waals surface area contributed by atoms with Gasteiger partial charge in [-0.3, -0.25) is 4.79 Å². The lowest BCUT2D eigenvalue weighted by molar-refractivity contribution is 0.0710. The molecule has 4 rings (SSSR count). The minimum absolute atomic E-state index is 0.0551. The largest absolute Gasteiger partial charge is 0.455 e. The van der Waals surface area contributed by atoms with E-state index in [1.807, 2.05) is 30.0 Å². The predicted molar refractivity (Wildman–Crippen MR) is 108 cm³/mol. The van der Waals surface area contributed by atoms with Crippen molar-refractivity contribution in [1.29, 1.82) is 0 Å². The molecule has 1 fully saturated rings. The predicted octanol–water partition coefficient (Wildman–Crippen LogP) is 3.70. The van der Waals surface area contributed by atoms with Crippen LogP contribution in [0.25, 0.3) is 0 Å². The zero-order chi connectivity index (χ0) is 19.9. The molecule has 0 spiro atoms. The van der Waals surface area contributed by atoms with Gasteiger partial charge in [0.05, 0.1) is 5.71 Å². The molecule has 0 atom stereocenters. The summed E-state index contributed by atoms with van der Waals surface area (Å²) in [7, 11) is 0. The number of carbonyl (C=O) groups is 1. The van der Waals surface area contributed by atoms with E-state index in [4.69, 9.17) is 4.42 Å². The number of furan rings is 1. The number of hydrogen-bond acceptors (Lipinski definition) is 5. The third kappa shape index (κ3) is 3.28. The van der Waals surface area contributed by atoms with E-state index in [0.717, 1.165) is 36.4 Å². The van der Waals surface area contributed by atoms with Crippen LogP contribution >= 0.6 is 0 Å². The van der Waals surface area contributed by atoms with Crippen LogP contribution in [0.1, 0.15) is 47.7 Å². The monoisotopic (exact) mass is 381 g/mol. The molecule has 6 heteroatoms. The summed E-state index contributed by atoms with van der Waals surface area (Å²) in [4.78, 5) is 17.3. The van der Waals surface area contributed by atoms with Crippen molar-refractivity contribution in [3.05, 3.63) is 53.0 Å². The zero-order valence-corrected chi connectivity index (χ0v) is 16.7. The van der Waals surface area contributed by atoms with Crippen LogP contribution in [0.3, 0.4) is 0 Å². The molecule has 2 aliphatic rings. The second-order valence-electron chi connectivity index (χ2n) is 8.53. The van der Waals surface area contributed by atoms with Gasteiger partial charge in [0.25, 0.3) is 5.91 Å². The van der Waals surface area contributed by atoms with Gasteiger partial charge < -0.3 is 19.4 Å². The van der Waals surface area contributed by atoms with Crippen LogP contribution in [0.5, 0.6) is 0 Å². The molecule has 1 aromatic heterocycles. The van der Waals surface area contributed by atoms with E-state index >= 15 is 0 Å². The van der Waals surface area contributed by atoms with Crippen LogP contribution in [-0.4, -0.2) is 47.9 Å². The van der Waals surface area contributed by atoms with Crippen LogP contribution < -0.4 is 4.90 Å². The molecule has 1 amide bonds. The number of para-hydroxylation sites is 1. The van der Waals surface area contributed by atoms with Crippen molar-refractivity contribution in [1.82, 2.24) is 4.90 Å². The molecule has 0 bridgehead atoms. The number of hydrogen-bond donors (Lipinski definition) is 1. The second-order valence-corrected chi connectivity index (χ2v) is 8.53. The Morgan fingerprint density at radius 3 is 2.43 bits per heavy atom. The van der Waals surface area contributed by atoms with Crippen molar-refractivity contribution in [3.63, 3.8) is 0 Å². The lowest BCUT2D eigenvalue weighted by atomic mass is 9.75. The highest BCUT2D eigenvalue weighted by molar-refractivity contribution is 6.06. The van der Waals surface area contributed by atoms with E-state index in [2.05, 4.69) is 36.0 Å². The van der Waals surface area contributed by atoms with Crippen LogP contribution in [0.4, 0.5) is 5.69 Å². The number of amides is 1. The van der Waals surface area contributed by atoms with Gasteiger partial charge in [0, 0.05) is 49.4 Å². The van der Waals surface area contributed by atoms with E-state index in [-0.39, 0.29) is 11.3 Å². The summed E-state index contributed by atoms with van der Waals surface area (Å²) >= 11 is 0. The fourth-order valence-electron chi connectivity index (χ4n) is 4.35. The SMILES string of the molecule is Cc1c(C(=O)N2CCN(c3ccccc3)CC2)oc2c1/C(=N\O)CC(C)(C)C2. The maximum atomic E-state index is 13.1. The molecule has 28 heavy (non-hydrogen) atoms. The van der Waals surface area contributed by atoms with E-state index in [1.165, 1.54) is 5.69 Å². The number of rotatable bonds is 2. The summed E-state index contributed by atoms with van der Waals surface area (Å²) in [6, 6.07) is 10.3. The molecular weight excluding hydrogens is 354 g/mol. The van der Waals surface area contributed by atoms with Gasteiger partial charge in [0.15, 0.2) is 5.76 Å². The van der Waals surface area contributed by atoms with E-state index in [0.29, 0.717) is 31.0 Å². The molecule has 2 heterocycles. The minimum atomic E-state index is -0.0743. The first-order chi connectivity index (χ1) is 13.4. The van der Waals surface area contributed by atoms with E-state index in [1.54, 1.807) is 0 Å². The lowest BCUT2D eigenvalue weighted by Crippen LogP contribution is -2.48. The first-order valence-electron chi connectivity index (χ1n) is 9.82.